The maximum Gasteiger partial charge on any atom is 0.172 e. The van der Waals surface area contributed by atoms with E-state index in [1.54, 1.807) is 12.1 Å². The summed E-state index contributed by atoms with van der Waals surface area (Å²) in [6.45, 7) is 2.71. The van der Waals surface area contributed by atoms with Gasteiger partial charge in [-0.3, -0.25) is 4.79 Å². The molecule has 1 aromatic rings. The monoisotopic (exact) mass is 235 g/mol. The van der Waals surface area contributed by atoms with Gasteiger partial charge in [0, 0.05) is 11.6 Å². The second-order valence-electron chi connectivity index (χ2n) is 5.12. The summed E-state index contributed by atoms with van der Waals surface area (Å²) in [5.41, 5.74) is 5.39. The van der Waals surface area contributed by atoms with Gasteiger partial charge >= 0.3 is 0 Å². The number of anilines is 1. The van der Waals surface area contributed by atoms with Gasteiger partial charge in [-0.25, -0.2) is 4.39 Å². The van der Waals surface area contributed by atoms with E-state index in [4.69, 9.17) is 5.73 Å². The van der Waals surface area contributed by atoms with E-state index in [0.717, 1.165) is 18.4 Å². The number of halogens is 1. The standard InChI is InChI=1S/C14H18FNO/c1-9(17)14(2,15)13(10-6-7-10)11-4-3-5-12(16)8-11/h3-5,8,10,13H,6-7,16H2,1-2H3/t13-,14?/m0/s1. The van der Waals surface area contributed by atoms with E-state index in [2.05, 4.69) is 0 Å². The molecule has 0 aromatic heterocycles. The molecule has 17 heavy (non-hydrogen) atoms. The number of hydrogen-bond acceptors (Lipinski definition) is 2. The summed E-state index contributed by atoms with van der Waals surface area (Å²) in [5.74, 6) is -0.490. The molecule has 0 bridgehead atoms. The van der Waals surface area contributed by atoms with Gasteiger partial charge in [-0.1, -0.05) is 12.1 Å². The molecule has 0 saturated heterocycles. The molecule has 0 amide bonds. The summed E-state index contributed by atoms with van der Waals surface area (Å²) < 4.78 is 14.6. The van der Waals surface area contributed by atoms with Gasteiger partial charge in [0.25, 0.3) is 0 Å². The van der Waals surface area contributed by atoms with Crippen molar-refractivity contribution < 1.29 is 9.18 Å². The van der Waals surface area contributed by atoms with Crippen molar-refractivity contribution in [2.45, 2.75) is 38.3 Å². The van der Waals surface area contributed by atoms with E-state index in [1.807, 2.05) is 12.1 Å². The highest BCUT2D eigenvalue weighted by atomic mass is 19.1. The summed E-state index contributed by atoms with van der Waals surface area (Å²) in [6.07, 6.45) is 1.98. The van der Waals surface area contributed by atoms with Crippen molar-refractivity contribution >= 4 is 11.5 Å². The van der Waals surface area contributed by atoms with E-state index in [0.29, 0.717) is 5.69 Å². The zero-order chi connectivity index (χ0) is 12.6. The van der Waals surface area contributed by atoms with Crippen molar-refractivity contribution in [3.8, 4) is 0 Å². The average molecular weight is 235 g/mol. The van der Waals surface area contributed by atoms with Crippen molar-refractivity contribution in [1.82, 2.24) is 0 Å². The molecule has 1 aliphatic rings. The summed E-state index contributed by atoms with van der Waals surface area (Å²) in [4.78, 5) is 11.5. The van der Waals surface area contributed by atoms with Crippen LogP contribution in [0.4, 0.5) is 10.1 Å². The van der Waals surface area contributed by atoms with Crippen LogP contribution in [0.1, 0.15) is 38.2 Å². The van der Waals surface area contributed by atoms with Gasteiger partial charge < -0.3 is 5.73 Å². The van der Waals surface area contributed by atoms with Crippen molar-refractivity contribution in [3.63, 3.8) is 0 Å². The van der Waals surface area contributed by atoms with Gasteiger partial charge in [-0.2, -0.15) is 0 Å². The van der Waals surface area contributed by atoms with Gasteiger partial charge in [-0.15, -0.1) is 0 Å². The van der Waals surface area contributed by atoms with E-state index in [1.165, 1.54) is 13.8 Å². The Morgan fingerprint density at radius 1 is 1.53 bits per heavy atom. The molecule has 0 heterocycles. The predicted molar refractivity (Wildman–Crippen MR) is 66.5 cm³/mol. The zero-order valence-corrected chi connectivity index (χ0v) is 10.2. The third-order valence-corrected chi connectivity index (χ3v) is 3.64. The molecule has 2 nitrogen and oxygen atoms in total. The number of benzene rings is 1. The van der Waals surface area contributed by atoms with Crippen molar-refractivity contribution in [2.75, 3.05) is 5.73 Å². The van der Waals surface area contributed by atoms with Gasteiger partial charge in [0.15, 0.2) is 11.5 Å². The topological polar surface area (TPSA) is 43.1 Å². The molecule has 3 heteroatoms. The number of carbonyl (C=O) groups is 1. The first-order valence-corrected chi connectivity index (χ1v) is 5.98. The number of hydrogen-bond donors (Lipinski definition) is 1. The molecule has 2 rings (SSSR count). The minimum Gasteiger partial charge on any atom is -0.399 e. The van der Waals surface area contributed by atoms with Gasteiger partial charge in [0.1, 0.15) is 0 Å². The quantitative estimate of drug-likeness (QED) is 0.815. The second-order valence-corrected chi connectivity index (χ2v) is 5.12. The van der Waals surface area contributed by atoms with Crippen molar-refractivity contribution in [2.24, 2.45) is 5.92 Å². The number of ketones is 1. The summed E-state index contributed by atoms with van der Waals surface area (Å²) in [7, 11) is 0. The minimum absolute atomic E-state index is 0.274. The maximum absolute atomic E-state index is 14.6. The highest BCUT2D eigenvalue weighted by Crippen LogP contribution is 2.50. The van der Waals surface area contributed by atoms with Crippen LogP contribution in [0.15, 0.2) is 24.3 Å². The van der Waals surface area contributed by atoms with Crippen LogP contribution in [0.2, 0.25) is 0 Å². The van der Waals surface area contributed by atoms with Crippen LogP contribution in [0.25, 0.3) is 0 Å². The Kier molecular flexibility index (Phi) is 2.94. The Bertz CT molecular complexity index is 438. The Morgan fingerprint density at radius 2 is 2.18 bits per heavy atom. The van der Waals surface area contributed by atoms with E-state index < -0.39 is 11.5 Å². The number of nitrogen functional groups attached to an aromatic ring is 1. The fourth-order valence-corrected chi connectivity index (χ4v) is 2.43. The molecule has 0 radical (unpaired) electrons. The molecule has 1 aromatic carbocycles. The van der Waals surface area contributed by atoms with Crippen molar-refractivity contribution in [1.29, 1.82) is 0 Å². The lowest BCUT2D eigenvalue weighted by Crippen LogP contribution is -2.36. The molecule has 1 fully saturated rings. The predicted octanol–water partition coefficient (Wildman–Crippen LogP) is 3.08. The lowest BCUT2D eigenvalue weighted by Gasteiger charge is -2.29. The van der Waals surface area contributed by atoms with Gasteiger partial charge in [0.05, 0.1) is 0 Å². The second kappa shape index (κ2) is 4.13. The van der Waals surface area contributed by atoms with E-state index >= 15 is 0 Å². The number of rotatable bonds is 4. The Morgan fingerprint density at radius 3 is 2.65 bits per heavy atom. The van der Waals surface area contributed by atoms with Crippen molar-refractivity contribution in [3.05, 3.63) is 29.8 Å². The van der Waals surface area contributed by atoms with Crippen LogP contribution in [0.5, 0.6) is 0 Å². The van der Waals surface area contributed by atoms with E-state index in [9.17, 15) is 9.18 Å². The highest BCUT2D eigenvalue weighted by molar-refractivity contribution is 5.85. The molecule has 1 aliphatic carbocycles. The lowest BCUT2D eigenvalue weighted by atomic mass is 9.79. The van der Waals surface area contributed by atoms with E-state index in [-0.39, 0.29) is 11.8 Å². The minimum atomic E-state index is -1.80. The van der Waals surface area contributed by atoms with Gasteiger partial charge in [-0.05, 0) is 50.3 Å². The average Bonchev–Trinajstić information content (AvgIpc) is 3.01. The van der Waals surface area contributed by atoms with Crippen LogP contribution in [0, 0.1) is 5.92 Å². The molecule has 0 aliphatic heterocycles. The molecule has 92 valence electrons. The Labute approximate surface area is 101 Å². The maximum atomic E-state index is 14.6. The summed E-state index contributed by atoms with van der Waals surface area (Å²) in [5, 5.41) is 0. The normalized spacial score (nSPS) is 20.6. The molecular weight excluding hydrogens is 217 g/mol. The Balaban J connectivity index is 2.39. The third-order valence-electron chi connectivity index (χ3n) is 3.64. The molecule has 1 saturated carbocycles. The van der Waals surface area contributed by atoms with Crippen LogP contribution in [0.3, 0.4) is 0 Å². The third kappa shape index (κ3) is 2.33. The number of nitrogens with two attached hydrogens (primary N) is 1. The number of alkyl halides is 1. The highest BCUT2D eigenvalue weighted by Gasteiger charge is 2.48. The molecular formula is C14H18FNO. The lowest BCUT2D eigenvalue weighted by molar-refractivity contribution is -0.129. The fourth-order valence-electron chi connectivity index (χ4n) is 2.43. The van der Waals surface area contributed by atoms with Gasteiger partial charge in [0.2, 0.25) is 0 Å². The molecule has 0 spiro atoms. The largest absolute Gasteiger partial charge is 0.399 e. The first-order chi connectivity index (χ1) is 7.93. The first kappa shape index (κ1) is 12.1. The molecule has 2 atom stereocenters. The van der Waals surface area contributed by atoms with Crippen LogP contribution in [-0.2, 0) is 4.79 Å². The fraction of sp³-hybridized carbons (Fsp3) is 0.500. The Hall–Kier alpha value is -1.38. The molecule has 2 N–H and O–H groups in total. The number of Topliss-reactive ketones (excluding diaryl/α,β-unsaturated/α-hetero) is 1. The smallest absolute Gasteiger partial charge is 0.172 e. The first-order valence-electron chi connectivity index (χ1n) is 5.98. The van der Waals surface area contributed by atoms with Crippen LogP contribution < -0.4 is 5.73 Å². The zero-order valence-electron chi connectivity index (χ0n) is 10.2. The number of carbonyl (C=O) groups excluding carboxylic acids is 1. The summed E-state index contributed by atoms with van der Waals surface area (Å²) in [6, 6.07) is 7.23. The SMILES string of the molecule is CC(=O)C(C)(F)[C@H](c1cccc(N)c1)C1CC1. The molecule has 1 unspecified atom stereocenters. The summed E-state index contributed by atoms with van der Waals surface area (Å²) >= 11 is 0. The van der Waals surface area contributed by atoms with Crippen LogP contribution >= 0.6 is 0 Å². The van der Waals surface area contributed by atoms with Crippen LogP contribution in [-0.4, -0.2) is 11.5 Å².